The summed E-state index contributed by atoms with van der Waals surface area (Å²) in [6.07, 6.45) is -4.33. The smallest absolute Gasteiger partial charge is 0.195 e. The fourth-order valence-corrected chi connectivity index (χ4v) is 4.40. The van der Waals surface area contributed by atoms with E-state index in [1.54, 1.807) is 0 Å². The number of fused-ring (bicyclic) bond motifs is 2. The molecule has 0 heterocycles. The molecular weight excluding hydrogens is 248 g/mol. The number of hydrogen-bond donors (Lipinski definition) is 0. The predicted octanol–water partition coefficient (Wildman–Crippen LogP) is 2.80. The number of alkyl halides is 3. The molecule has 0 aromatic rings. The first-order valence-corrected chi connectivity index (χ1v) is 6.62. The van der Waals surface area contributed by atoms with Gasteiger partial charge in [0.2, 0.25) is 0 Å². The highest BCUT2D eigenvalue weighted by Crippen LogP contribution is 2.67. The Labute approximate surface area is 91.2 Å². The summed E-state index contributed by atoms with van der Waals surface area (Å²) >= 11 is 0. The van der Waals surface area contributed by atoms with Crippen LogP contribution in [0, 0.1) is 10.8 Å². The van der Waals surface area contributed by atoms with Gasteiger partial charge in [-0.05, 0) is 37.5 Å². The average Bonchev–Trinajstić information content (AvgIpc) is 2.54. The molecule has 7 heteroatoms. The van der Waals surface area contributed by atoms with E-state index in [4.69, 9.17) is 0 Å². The molecule has 0 amide bonds. The lowest BCUT2D eigenvalue weighted by molar-refractivity contribution is -0.220. The van der Waals surface area contributed by atoms with E-state index in [-0.39, 0.29) is 32.1 Å². The fourth-order valence-electron chi connectivity index (χ4n) is 3.28. The monoisotopic (exact) mass is 260 g/mol. The first-order chi connectivity index (χ1) is 7.08. The Morgan fingerprint density at radius 1 is 1.06 bits per heavy atom. The Hall–Kier alpha value is -0.330. The van der Waals surface area contributed by atoms with Gasteiger partial charge in [-0.3, -0.25) is 0 Å². The van der Waals surface area contributed by atoms with Crippen molar-refractivity contribution >= 4 is 10.2 Å². The lowest BCUT2D eigenvalue weighted by Gasteiger charge is -2.29. The first kappa shape index (κ1) is 12.1. The third kappa shape index (κ3) is 1.83. The number of halogens is 4. The van der Waals surface area contributed by atoms with Crippen LogP contribution in [0.5, 0.6) is 0 Å². The Morgan fingerprint density at radius 3 is 1.88 bits per heavy atom. The summed E-state index contributed by atoms with van der Waals surface area (Å²) < 4.78 is 72.2. The van der Waals surface area contributed by atoms with Crippen molar-refractivity contribution in [3.05, 3.63) is 0 Å². The van der Waals surface area contributed by atoms with Gasteiger partial charge < -0.3 is 0 Å². The van der Waals surface area contributed by atoms with Crippen molar-refractivity contribution in [3.63, 3.8) is 0 Å². The second-order valence-electron chi connectivity index (χ2n) is 5.14. The third-order valence-electron chi connectivity index (χ3n) is 4.06. The molecule has 2 rings (SSSR count). The summed E-state index contributed by atoms with van der Waals surface area (Å²) in [5.41, 5.74) is -2.72. The molecule has 0 radical (unpaired) electrons. The third-order valence-corrected chi connectivity index (χ3v) is 5.02. The van der Waals surface area contributed by atoms with Crippen LogP contribution < -0.4 is 0 Å². The fraction of sp³-hybridized carbons (Fsp3) is 1.00. The number of hydrogen-bond acceptors (Lipinski definition) is 2. The van der Waals surface area contributed by atoms with Crippen LogP contribution in [-0.4, -0.2) is 20.3 Å². The zero-order valence-electron chi connectivity index (χ0n) is 8.48. The molecule has 0 atom stereocenters. The maximum atomic E-state index is 12.8. The molecule has 2 nitrogen and oxygen atoms in total. The molecule has 2 fully saturated rings. The Kier molecular flexibility index (Phi) is 2.36. The Morgan fingerprint density at radius 2 is 1.56 bits per heavy atom. The van der Waals surface area contributed by atoms with E-state index in [9.17, 15) is 25.5 Å². The van der Waals surface area contributed by atoms with Crippen molar-refractivity contribution in [2.24, 2.45) is 10.8 Å². The van der Waals surface area contributed by atoms with Gasteiger partial charge in [-0.15, -0.1) is 3.89 Å². The minimum Gasteiger partial charge on any atom is -0.195 e. The Bertz CT molecular complexity index is 390. The molecule has 2 aliphatic carbocycles. The van der Waals surface area contributed by atoms with E-state index in [0.717, 1.165) is 0 Å². The van der Waals surface area contributed by atoms with Gasteiger partial charge in [0.1, 0.15) is 0 Å². The number of rotatable bonds is 2. The average molecular weight is 260 g/mol. The van der Waals surface area contributed by atoms with Crippen molar-refractivity contribution in [2.75, 3.05) is 5.75 Å². The second kappa shape index (κ2) is 3.11. The first-order valence-electron chi connectivity index (χ1n) is 5.07. The van der Waals surface area contributed by atoms with Crippen molar-refractivity contribution in [3.8, 4) is 0 Å². The summed E-state index contributed by atoms with van der Waals surface area (Å²) in [6, 6.07) is 0. The normalized spacial score (nSPS) is 39.2. The molecule has 2 saturated carbocycles. The van der Waals surface area contributed by atoms with Crippen LogP contribution in [-0.2, 0) is 10.2 Å². The minimum absolute atomic E-state index is 0.0635. The quantitative estimate of drug-likeness (QED) is 0.565. The molecule has 0 aromatic carbocycles. The molecule has 0 N–H and O–H groups in total. The van der Waals surface area contributed by atoms with Gasteiger partial charge in [0.05, 0.1) is 11.2 Å². The van der Waals surface area contributed by atoms with Crippen LogP contribution in [0.25, 0.3) is 0 Å². The van der Waals surface area contributed by atoms with Crippen molar-refractivity contribution < 1.29 is 25.5 Å². The van der Waals surface area contributed by atoms with Crippen LogP contribution in [0.15, 0.2) is 0 Å². The zero-order chi connectivity index (χ0) is 12.2. The summed E-state index contributed by atoms with van der Waals surface area (Å²) in [6.45, 7) is 0. The van der Waals surface area contributed by atoms with E-state index in [2.05, 4.69) is 0 Å². The molecule has 0 aromatic heterocycles. The summed E-state index contributed by atoms with van der Waals surface area (Å²) in [4.78, 5) is 0. The molecule has 0 spiro atoms. The highest BCUT2D eigenvalue weighted by molar-refractivity contribution is 7.86. The van der Waals surface area contributed by atoms with Gasteiger partial charge in [0, 0.05) is 0 Å². The van der Waals surface area contributed by atoms with Gasteiger partial charge in [0.15, 0.2) is 0 Å². The molecule has 2 aliphatic rings. The second-order valence-corrected chi connectivity index (χ2v) is 6.50. The maximum Gasteiger partial charge on any atom is 0.394 e. The zero-order valence-corrected chi connectivity index (χ0v) is 9.30. The van der Waals surface area contributed by atoms with E-state index in [0.29, 0.717) is 0 Å². The van der Waals surface area contributed by atoms with E-state index >= 15 is 0 Å². The minimum atomic E-state index is -4.69. The summed E-state index contributed by atoms with van der Waals surface area (Å²) in [5.74, 6) is -0.752. The van der Waals surface area contributed by atoms with E-state index in [1.165, 1.54) is 0 Å². The highest BCUT2D eigenvalue weighted by atomic mass is 32.3. The van der Waals surface area contributed by atoms with E-state index < -0.39 is 33.0 Å². The van der Waals surface area contributed by atoms with Gasteiger partial charge in [-0.25, -0.2) is 0 Å². The van der Waals surface area contributed by atoms with E-state index in [1.807, 2.05) is 0 Å². The largest absolute Gasteiger partial charge is 0.394 e. The lowest BCUT2D eigenvalue weighted by atomic mass is 9.82. The molecule has 0 saturated heterocycles. The van der Waals surface area contributed by atoms with Gasteiger partial charge in [-0.2, -0.15) is 21.6 Å². The molecular formula is C9H12F4O2S. The van der Waals surface area contributed by atoms with Crippen LogP contribution in [0.1, 0.15) is 32.1 Å². The predicted molar refractivity (Wildman–Crippen MR) is 48.9 cm³/mol. The SMILES string of the molecule is O=S(=O)(F)CC12CCC(C(F)(F)F)(CC1)C2. The molecule has 2 bridgehead atoms. The summed E-state index contributed by atoms with van der Waals surface area (Å²) in [7, 11) is -4.69. The van der Waals surface area contributed by atoms with Crippen molar-refractivity contribution in [1.82, 2.24) is 0 Å². The van der Waals surface area contributed by atoms with Crippen molar-refractivity contribution in [2.45, 2.75) is 38.3 Å². The van der Waals surface area contributed by atoms with Crippen LogP contribution >= 0.6 is 0 Å². The standard InChI is InChI=1S/C9H12F4O2S/c10-9(11,12)8-3-1-7(5-8,2-4-8)6-16(13,14)15/h1-6H2. The van der Waals surface area contributed by atoms with Gasteiger partial charge >= 0.3 is 16.4 Å². The topological polar surface area (TPSA) is 34.1 Å². The van der Waals surface area contributed by atoms with Gasteiger partial charge in [-0.1, -0.05) is 0 Å². The van der Waals surface area contributed by atoms with Crippen LogP contribution in [0.2, 0.25) is 0 Å². The molecule has 0 unspecified atom stereocenters. The van der Waals surface area contributed by atoms with Crippen LogP contribution in [0.4, 0.5) is 17.1 Å². The molecule has 16 heavy (non-hydrogen) atoms. The van der Waals surface area contributed by atoms with Crippen LogP contribution in [0.3, 0.4) is 0 Å². The Balaban J connectivity index is 2.22. The maximum absolute atomic E-state index is 12.8. The highest BCUT2D eigenvalue weighted by Gasteiger charge is 2.66. The van der Waals surface area contributed by atoms with Gasteiger partial charge in [0.25, 0.3) is 0 Å². The summed E-state index contributed by atoms with van der Waals surface area (Å²) in [5, 5.41) is 0. The molecule has 94 valence electrons. The van der Waals surface area contributed by atoms with Crippen molar-refractivity contribution in [1.29, 1.82) is 0 Å². The lowest BCUT2D eigenvalue weighted by Crippen LogP contribution is -2.33. The molecule has 0 aliphatic heterocycles.